The number of rotatable bonds is 3. The molecule has 0 aromatic heterocycles. The highest BCUT2D eigenvalue weighted by molar-refractivity contribution is 5.73. The molecule has 0 aliphatic carbocycles. The summed E-state index contributed by atoms with van der Waals surface area (Å²) in [6.45, 7) is 1.71. The number of nitriles is 1. The Morgan fingerprint density at radius 3 is 2.73 bits per heavy atom. The van der Waals surface area contributed by atoms with Crippen molar-refractivity contribution in [1.82, 2.24) is 0 Å². The first kappa shape index (κ1) is 11.1. The SMILES string of the molecule is CCC(=O)Oc1ccc(C#N)cc1OC. The molecule has 0 saturated carbocycles. The fraction of sp³-hybridized carbons (Fsp3) is 0.273. The van der Waals surface area contributed by atoms with Gasteiger partial charge < -0.3 is 9.47 Å². The van der Waals surface area contributed by atoms with Gasteiger partial charge in [0.05, 0.1) is 18.7 Å². The molecule has 0 unspecified atom stereocenters. The quantitative estimate of drug-likeness (QED) is 0.558. The van der Waals surface area contributed by atoms with Gasteiger partial charge in [-0.1, -0.05) is 6.92 Å². The molecular formula is C11H11NO3. The van der Waals surface area contributed by atoms with Gasteiger partial charge in [-0.3, -0.25) is 4.79 Å². The summed E-state index contributed by atoms with van der Waals surface area (Å²) in [6, 6.07) is 6.62. The van der Waals surface area contributed by atoms with E-state index in [1.807, 2.05) is 6.07 Å². The molecule has 0 saturated heterocycles. The lowest BCUT2D eigenvalue weighted by Gasteiger charge is -2.08. The second kappa shape index (κ2) is 5.01. The van der Waals surface area contributed by atoms with Crippen LogP contribution in [0.3, 0.4) is 0 Å². The molecule has 0 heterocycles. The number of nitrogens with zero attached hydrogens (tertiary/aromatic N) is 1. The van der Waals surface area contributed by atoms with Crippen LogP contribution in [-0.4, -0.2) is 13.1 Å². The second-order valence-corrected chi connectivity index (χ2v) is 2.81. The Hall–Kier alpha value is -2.02. The molecule has 78 valence electrons. The number of esters is 1. The molecule has 0 radical (unpaired) electrons. The minimum absolute atomic E-state index is 0.295. The lowest BCUT2D eigenvalue weighted by atomic mass is 10.2. The van der Waals surface area contributed by atoms with Gasteiger partial charge in [-0.25, -0.2) is 0 Å². The molecule has 1 aromatic rings. The Bertz CT molecular complexity index is 407. The molecule has 0 fully saturated rings. The molecule has 0 bridgehead atoms. The third kappa shape index (κ3) is 2.71. The van der Waals surface area contributed by atoms with E-state index in [4.69, 9.17) is 14.7 Å². The molecule has 0 atom stereocenters. The van der Waals surface area contributed by atoms with E-state index < -0.39 is 0 Å². The molecule has 4 nitrogen and oxygen atoms in total. The zero-order chi connectivity index (χ0) is 11.3. The van der Waals surface area contributed by atoms with Gasteiger partial charge in [-0.05, 0) is 12.1 Å². The van der Waals surface area contributed by atoms with E-state index in [1.165, 1.54) is 13.2 Å². The Balaban J connectivity index is 2.98. The van der Waals surface area contributed by atoms with Crippen LogP contribution in [0.5, 0.6) is 11.5 Å². The van der Waals surface area contributed by atoms with Crippen LogP contribution in [-0.2, 0) is 4.79 Å². The second-order valence-electron chi connectivity index (χ2n) is 2.81. The molecule has 0 aliphatic heterocycles. The lowest BCUT2D eigenvalue weighted by molar-refractivity contribution is -0.134. The fourth-order valence-electron chi connectivity index (χ4n) is 1.02. The van der Waals surface area contributed by atoms with Crippen LogP contribution in [0.2, 0.25) is 0 Å². The highest BCUT2D eigenvalue weighted by atomic mass is 16.6. The van der Waals surface area contributed by atoms with Crippen molar-refractivity contribution >= 4 is 5.97 Å². The average Bonchev–Trinajstić information content (AvgIpc) is 2.29. The van der Waals surface area contributed by atoms with Crippen LogP contribution >= 0.6 is 0 Å². The molecular weight excluding hydrogens is 194 g/mol. The summed E-state index contributed by atoms with van der Waals surface area (Å²) < 4.78 is 10.0. The maximum absolute atomic E-state index is 11.1. The minimum atomic E-state index is -0.335. The largest absolute Gasteiger partial charge is 0.493 e. The predicted octanol–water partition coefficient (Wildman–Crippen LogP) is 1.88. The molecule has 1 aromatic carbocycles. The van der Waals surface area contributed by atoms with Crippen molar-refractivity contribution < 1.29 is 14.3 Å². The number of methoxy groups -OCH3 is 1. The van der Waals surface area contributed by atoms with E-state index in [2.05, 4.69) is 0 Å². The zero-order valence-corrected chi connectivity index (χ0v) is 8.61. The van der Waals surface area contributed by atoms with Gasteiger partial charge in [-0.2, -0.15) is 5.26 Å². The average molecular weight is 205 g/mol. The normalized spacial score (nSPS) is 9.13. The Labute approximate surface area is 88.0 Å². The standard InChI is InChI=1S/C11H11NO3/c1-3-11(13)15-9-5-4-8(7-12)6-10(9)14-2/h4-6H,3H2,1-2H3. The maximum atomic E-state index is 11.1. The van der Waals surface area contributed by atoms with Gasteiger partial charge in [-0.15, -0.1) is 0 Å². The van der Waals surface area contributed by atoms with E-state index in [-0.39, 0.29) is 5.97 Å². The van der Waals surface area contributed by atoms with Gasteiger partial charge in [0.2, 0.25) is 0 Å². The smallest absolute Gasteiger partial charge is 0.311 e. The van der Waals surface area contributed by atoms with Crippen molar-refractivity contribution in [2.45, 2.75) is 13.3 Å². The van der Waals surface area contributed by atoms with Crippen LogP contribution in [0.25, 0.3) is 0 Å². The van der Waals surface area contributed by atoms with Gasteiger partial charge >= 0.3 is 5.97 Å². The van der Waals surface area contributed by atoms with Gasteiger partial charge in [0.25, 0.3) is 0 Å². The zero-order valence-electron chi connectivity index (χ0n) is 8.61. The highest BCUT2D eigenvalue weighted by Crippen LogP contribution is 2.27. The maximum Gasteiger partial charge on any atom is 0.311 e. The van der Waals surface area contributed by atoms with Crippen LogP contribution in [0.1, 0.15) is 18.9 Å². The van der Waals surface area contributed by atoms with Gasteiger partial charge in [0.15, 0.2) is 11.5 Å². The number of benzene rings is 1. The van der Waals surface area contributed by atoms with Crippen molar-refractivity contribution in [2.24, 2.45) is 0 Å². The number of ether oxygens (including phenoxy) is 2. The van der Waals surface area contributed by atoms with Crippen LogP contribution in [0.15, 0.2) is 18.2 Å². The van der Waals surface area contributed by atoms with Crippen molar-refractivity contribution in [1.29, 1.82) is 5.26 Å². The van der Waals surface area contributed by atoms with E-state index in [0.717, 1.165) is 0 Å². The number of hydrogen-bond donors (Lipinski definition) is 0. The van der Waals surface area contributed by atoms with Crippen molar-refractivity contribution in [3.05, 3.63) is 23.8 Å². The predicted molar refractivity (Wildman–Crippen MR) is 53.6 cm³/mol. The first-order chi connectivity index (χ1) is 7.21. The van der Waals surface area contributed by atoms with E-state index in [1.54, 1.807) is 19.1 Å². The van der Waals surface area contributed by atoms with Gasteiger partial charge in [0, 0.05) is 12.5 Å². The topological polar surface area (TPSA) is 59.3 Å². The minimum Gasteiger partial charge on any atom is -0.493 e. The monoisotopic (exact) mass is 205 g/mol. The summed E-state index contributed by atoms with van der Waals surface area (Å²) in [4.78, 5) is 11.1. The Morgan fingerprint density at radius 1 is 1.47 bits per heavy atom. The molecule has 1 rings (SSSR count). The fourth-order valence-corrected chi connectivity index (χ4v) is 1.02. The Morgan fingerprint density at radius 2 is 2.20 bits per heavy atom. The first-order valence-corrected chi connectivity index (χ1v) is 4.50. The summed E-state index contributed by atoms with van der Waals surface area (Å²) in [6.07, 6.45) is 0.295. The summed E-state index contributed by atoms with van der Waals surface area (Å²) in [7, 11) is 1.46. The molecule has 4 heteroatoms. The highest BCUT2D eigenvalue weighted by Gasteiger charge is 2.08. The molecule has 0 amide bonds. The molecule has 0 N–H and O–H groups in total. The van der Waals surface area contributed by atoms with E-state index in [0.29, 0.717) is 23.5 Å². The van der Waals surface area contributed by atoms with Crippen molar-refractivity contribution in [3.8, 4) is 17.6 Å². The van der Waals surface area contributed by atoms with Crippen molar-refractivity contribution in [2.75, 3.05) is 7.11 Å². The number of carbonyl (C=O) groups excluding carboxylic acids is 1. The van der Waals surface area contributed by atoms with Crippen LogP contribution in [0.4, 0.5) is 0 Å². The van der Waals surface area contributed by atoms with Crippen molar-refractivity contribution in [3.63, 3.8) is 0 Å². The molecule has 15 heavy (non-hydrogen) atoms. The third-order valence-corrected chi connectivity index (χ3v) is 1.81. The van der Waals surface area contributed by atoms with E-state index in [9.17, 15) is 4.79 Å². The Kier molecular flexibility index (Phi) is 3.69. The molecule has 0 spiro atoms. The summed E-state index contributed by atoms with van der Waals surface area (Å²) in [5.41, 5.74) is 0.461. The summed E-state index contributed by atoms with van der Waals surface area (Å²) in [5, 5.41) is 8.66. The summed E-state index contributed by atoms with van der Waals surface area (Å²) in [5.74, 6) is 0.386. The number of hydrogen-bond acceptors (Lipinski definition) is 4. The van der Waals surface area contributed by atoms with Crippen LogP contribution in [0, 0.1) is 11.3 Å². The van der Waals surface area contributed by atoms with E-state index >= 15 is 0 Å². The third-order valence-electron chi connectivity index (χ3n) is 1.81. The first-order valence-electron chi connectivity index (χ1n) is 4.50. The summed E-state index contributed by atoms with van der Waals surface area (Å²) >= 11 is 0. The lowest BCUT2D eigenvalue weighted by Crippen LogP contribution is -2.06. The number of carbonyl (C=O) groups is 1. The molecule has 0 aliphatic rings. The van der Waals surface area contributed by atoms with Gasteiger partial charge in [0.1, 0.15) is 0 Å². The van der Waals surface area contributed by atoms with Crippen LogP contribution < -0.4 is 9.47 Å².